The highest BCUT2D eigenvalue weighted by atomic mass is 16.5. The molecular formula is C13H20N2O. The minimum Gasteiger partial charge on any atom is -0.490 e. The second-order valence-electron chi connectivity index (χ2n) is 4.29. The van der Waals surface area contributed by atoms with Gasteiger partial charge in [0.25, 0.3) is 0 Å². The van der Waals surface area contributed by atoms with E-state index in [0.29, 0.717) is 6.10 Å². The highest BCUT2D eigenvalue weighted by molar-refractivity contribution is 5.23. The number of nitrogens with zero attached hydrogens (tertiary/aromatic N) is 1. The van der Waals surface area contributed by atoms with Gasteiger partial charge in [-0.25, -0.2) is 0 Å². The maximum absolute atomic E-state index is 5.93. The molecule has 0 saturated heterocycles. The lowest BCUT2D eigenvalue weighted by Gasteiger charge is -2.13. The minimum absolute atomic E-state index is 0.425. The van der Waals surface area contributed by atoms with E-state index >= 15 is 0 Å². The second-order valence-corrected chi connectivity index (χ2v) is 4.29. The highest BCUT2D eigenvalue weighted by Gasteiger charge is 2.16. The third-order valence-electron chi connectivity index (χ3n) is 2.95. The van der Waals surface area contributed by atoms with Crippen molar-refractivity contribution in [1.29, 1.82) is 0 Å². The van der Waals surface area contributed by atoms with Crippen molar-refractivity contribution in [2.24, 2.45) is 0 Å². The highest BCUT2D eigenvalue weighted by Crippen LogP contribution is 2.23. The molecule has 1 fully saturated rings. The Kier molecular flexibility index (Phi) is 4.17. The van der Waals surface area contributed by atoms with Crippen molar-refractivity contribution < 1.29 is 4.74 Å². The first-order chi connectivity index (χ1) is 7.88. The fraction of sp³-hybridized carbons (Fsp3) is 0.615. The number of pyridine rings is 1. The number of hydrogen-bond donors (Lipinski definition) is 1. The van der Waals surface area contributed by atoms with Crippen LogP contribution in [-0.4, -0.2) is 17.6 Å². The molecule has 0 amide bonds. The molecule has 88 valence electrons. The van der Waals surface area contributed by atoms with Crippen molar-refractivity contribution in [3.63, 3.8) is 0 Å². The zero-order valence-corrected chi connectivity index (χ0v) is 9.91. The van der Waals surface area contributed by atoms with Gasteiger partial charge in [0, 0.05) is 18.8 Å². The number of rotatable bonds is 5. The van der Waals surface area contributed by atoms with Gasteiger partial charge in [-0.1, -0.05) is 6.92 Å². The first-order valence-electron chi connectivity index (χ1n) is 6.21. The summed E-state index contributed by atoms with van der Waals surface area (Å²) in [6, 6.07) is 3.99. The Bertz CT molecular complexity index is 321. The van der Waals surface area contributed by atoms with Gasteiger partial charge < -0.3 is 10.1 Å². The Morgan fingerprint density at radius 1 is 1.44 bits per heavy atom. The van der Waals surface area contributed by atoms with Gasteiger partial charge in [-0.15, -0.1) is 0 Å². The quantitative estimate of drug-likeness (QED) is 0.828. The van der Waals surface area contributed by atoms with Crippen LogP contribution in [0.25, 0.3) is 0 Å². The van der Waals surface area contributed by atoms with Gasteiger partial charge >= 0.3 is 0 Å². The van der Waals surface area contributed by atoms with E-state index in [-0.39, 0.29) is 0 Å². The predicted molar refractivity (Wildman–Crippen MR) is 64.5 cm³/mol. The minimum atomic E-state index is 0.425. The van der Waals surface area contributed by atoms with Gasteiger partial charge in [0.15, 0.2) is 0 Å². The van der Waals surface area contributed by atoms with Crippen LogP contribution in [0.3, 0.4) is 0 Å². The fourth-order valence-electron chi connectivity index (χ4n) is 2.08. The number of nitrogens with one attached hydrogen (secondary N) is 1. The van der Waals surface area contributed by atoms with Gasteiger partial charge in [0.1, 0.15) is 5.75 Å². The van der Waals surface area contributed by atoms with Crippen LogP contribution in [0.2, 0.25) is 0 Å². The topological polar surface area (TPSA) is 34.1 Å². The monoisotopic (exact) mass is 220 g/mol. The summed E-state index contributed by atoms with van der Waals surface area (Å²) in [6.45, 7) is 3.88. The maximum atomic E-state index is 5.93. The molecule has 16 heavy (non-hydrogen) atoms. The fourth-order valence-corrected chi connectivity index (χ4v) is 2.08. The van der Waals surface area contributed by atoms with Crippen LogP contribution in [-0.2, 0) is 6.54 Å². The smallest absolute Gasteiger partial charge is 0.123 e. The first-order valence-corrected chi connectivity index (χ1v) is 6.21. The molecule has 0 aliphatic heterocycles. The lowest BCUT2D eigenvalue weighted by molar-refractivity contribution is 0.209. The van der Waals surface area contributed by atoms with Crippen LogP contribution in [0.1, 0.15) is 38.3 Å². The normalized spacial score (nSPS) is 16.6. The Labute approximate surface area is 97.2 Å². The number of hydrogen-bond acceptors (Lipinski definition) is 3. The average molecular weight is 220 g/mol. The summed E-state index contributed by atoms with van der Waals surface area (Å²) in [5.41, 5.74) is 1.05. The van der Waals surface area contributed by atoms with E-state index in [4.69, 9.17) is 4.74 Å². The number of aromatic nitrogens is 1. The SMILES string of the molecule is CCNCc1cc(OC2CCCC2)ccn1. The van der Waals surface area contributed by atoms with Crippen molar-refractivity contribution in [1.82, 2.24) is 10.3 Å². The van der Waals surface area contributed by atoms with E-state index < -0.39 is 0 Å². The van der Waals surface area contributed by atoms with Gasteiger partial charge in [-0.2, -0.15) is 0 Å². The molecule has 3 nitrogen and oxygen atoms in total. The zero-order valence-electron chi connectivity index (χ0n) is 9.91. The lowest BCUT2D eigenvalue weighted by atomic mass is 10.3. The molecule has 2 rings (SSSR count). The molecule has 0 unspecified atom stereocenters. The summed E-state index contributed by atoms with van der Waals surface area (Å²) in [4.78, 5) is 4.31. The summed E-state index contributed by atoms with van der Waals surface area (Å²) in [5, 5.41) is 3.27. The molecule has 1 aromatic heterocycles. The molecule has 1 aliphatic carbocycles. The van der Waals surface area contributed by atoms with E-state index in [9.17, 15) is 0 Å². The molecule has 1 N–H and O–H groups in total. The molecule has 0 atom stereocenters. The molecule has 0 spiro atoms. The first kappa shape index (κ1) is 11.4. The third-order valence-corrected chi connectivity index (χ3v) is 2.95. The average Bonchev–Trinajstić information content (AvgIpc) is 2.80. The second kappa shape index (κ2) is 5.85. The van der Waals surface area contributed by atoms with Crippen LogP contribution < -0.4 is 10.1 Å². The van der Waals surface area contributed by atoms with Crippen molar-refractivity contribution in [3.05, 3.63) is 24.0 Å². The molecular weight excluding hydrogens is 200 g/mol. The van der Waals surface area contributed by atoms with E-state index in [1.54, 1.807) is 0 Å². The molecule has 1 aliphatic rings. The molecule has 3 heteroatoms. The summed E-state index contributed by atoms with van der Waals surface area (Å²) in [6.07, 6.45) is 7.27. The molecule has 0 aromatic carbocycles. The van der Waals surface area contributed by atoms with E-state index in [2.05, 4.69) is 17.2 Å². The van der Waals surface area contributed by atoms with Crippen LogP contribution >= 0.6 is 0 Å². The lowest BCUT2D eigenvalue weighted by Crippen LogP contribution is -2.14. The Balaban J connectivity index is 1.92. The van der Waals surface area contributed by atoms with E-state index in [0.717, 1.165) is 24.5 Å². The van der Waals surface area contributed by atoms with E-state index in [1.165, 1.54) is 25.7 Å². The zero-order chi connectivity index (χ0) is 11.2. The summed E-state index contributed by atoms with van der Waals surface area (Å²) in [7, 11) is 0. The van der Waals surface area contributed by atoms with Crippen molar-refractivity contribution in [2.75, 3.05) is 6.54 Å². The molecule has 1 heterocycles. The van der Waals surface area contributed by atoms with Crippen molar-refractivity contribution in [3.8, 4) is 5.75 Å². The van der Waals surface area contributed by atoms with Crippen LogP contribution in [0.4, 0.5) is 0 Å². The molecule has 1 saturated carbocycles. The van der Waals surface area contributed by atoms with E-state index in [1.807, 2.05) is 18.3 Å². The largest absolute Gasteiger partial charge is 0.490 e. The van der Waals surface area contributed by atoms with Gasteiger partial charge in [-0.3, -0.25) is 4.98 Å². The maximum Gasteiger partial charge on any atom is 0.123 e. The Morgan fingerprint density at radius 2 is 2.25 bits per heavy atom. The van der Waals surface area contributed by atoms with Crippen molar-refractivity contribution in [2.45, 2.75) is 45.3 Å². The predicted octanol–water partition coefficient (Wildman–Crippen LogP) is 2.51. The van der Waals surface area contributed by atoms with Crippen LogP contribution in [0.15, 0.2) is 18.3 Å². The summed E-state index contributed by atoms with van der Waals surface area (Å²) >= 11 is 0. The standard InChI is InChI=1S/C13H20N2O/c1-2-14-10-11-9-13(7-8-15-11)16-12-5-3-4-6-12/h7-9,12,14H,2-6,10H2,1H3. The number of ether oxygens (including phenoxy) is 1. The van der Waals surface area contributed by atoms with Gasteiger partial charge in [0.2, 0.25) is 0 Å². The Hall–Kier alpha value is -1.09. The molecule has 0 radical (unpaired) electrons. The van der Waals surface area contributed by atoms with Crippen molar-refractivity contribution >= 4 is 0 Å². The summed E-state index contributed by atoms with van der Waals surface area (Å²) < 4.78 is 5.93. The van der Waals surface area contributed by atoms with Crippen LogP contribution in [0.5, 0.6) is 5.75 Å². The molecule has 0 bridgehead atoms. The Morgan fingerprint density at radius 3 is 3.00 bits per heavy atom. The van der Waals surface area contributed by atoms with Gasteiger partial charge in [-0.05, 0) is 38.3 Å². The van der Waals surface area contributed by atoms with Crippen LogP contribution in [0, 0.1) is 0 Å². The third kappa shape index (κ3) is 3.20. The molecule has 1 aromatic rings. The summed E-state index contributed by atoms with van der Waals surface area (Å²) in [5.74, 6) is 0.967. The van der Waals surface area contributed by atoms with Gasteiger partial charge in [0.05, 0.1) is 11.8 Å².